The van der Waals surface area contributed by atoms with Crippen molar-refractivity contribution in [2.45, 2.75) is 6.54 Å². The third-order valence-corrected chi connectivity index (χ3v) is 2.53. The molecule has 2 aromatic rings. The van der Waals surface area contributed by atoms with Crippen molar-refractivity contribution in [1.29, 1.82) is 0 Å². The lowest BCUT2D eigenvalue weighted by molar-refractivity contribution is 0.0685. The van der Waals surface area contributed by atoms with Crippen LogP contribution in [0.3, 0.4) is 0 Å². The monoisotopic (exact) mass is 276 g/mol. The number of rotatable bonds is 5. The van der Waals surface area contributed by atoms with E-state index < -0.39 is 11.9 Å². The molecule has 0 bridgehead atoms. The highest BCUT2D eigenvalue weighted by Gasteiger charge is 2.19. The van der Waals surface area contributed by atoms with E-state index in [1.165, 1.54) is 7.11 Å². The molecule has 0 spiro atoms. The molecule has 2 aromatic heterocycles. The summed E-state index contributed by atoms with van der Waals surface area (Å²) in [6, 6.07) is 3.41. The van der Waals surface area contributed by atoms with Gasteiger partial charge in [0.15, 0.2) is 11.4 Å². The van der Waals surface area contributed by atoms with Crippen LogP contribution in [-0.4, -0.2) is 39.0 Å². The van der Waals surface area contributed by atoms with E-state index in [0.29, 0.717) is 5.88 Å². The maximum Gasteiger partial charge on any atom is 0.354 e. The molecule has 1 amide bonds. The second kappa shape index (κ2) is 5.83. The number of carboxylic acid groups (broad SMARTS) is 1. The normalized spacial score (nSPS) is 10.1. The highest BCUT2D eigenvalue weighted by atomic mass is 16.5. The van der Waals surface area contributed by atoms with E-state index in [1.807, 2.05) is 0 Å². The Morgan fingerprint density at radius 3 is 2.80 bits per heavy atom. The molecule has 2 heterocycles. The minimum absolute atomic E-state index is 0.154. The first-order chi connectivity index (χ1) is 9.61. The molecular weight excluding hydrogens is 264 g/mol. The Hall–Kier alpha value is -2.90. The average Bonchev–Trinajstić information content (AvgIpc) is 2.95. The number of H-pyrrole nitrogens is 1. The molecule has 104 valence electrons. The molecule has 0 unspecified atom stereocenters. The number of imidazole rings is 1. The van der Waals surface area contributed by atoms with Gasteiger partial charge in [-0.3, -0.25) is 4.79 Å². The summed E-state index contributed by atoms with van der Waals surface area (Å²) in [4.78, 5) is 32.8. The molecule has 0 aliphatic carbocycles. The number of aromatic carboxylic acids is 1. The highest BCUT2D eigenvalue weighted by molar-refractivity contribution is 6.02. The topological polar surface area (TPSA) is 117 Å². The number of nitrogens with zero attached hydrogens (tertiary/aromatic N) is 2. The van der Waals surface area contributed by atoms with Gasteiger partial charge in [-0.15, -0.1) is 0 Å². The van der Waals surface area contributed by atoms with Gasteiger partial charge in [-0.05, 0) is 5.56 Å². The number of pyridine rings is 1. The van der Waals surface area contributed by atoms with Crippen LogP contribution < -0.4 is 10.1 Å². The van der Waals surface area contributed by atoms with Crippen LogP contribution in [0.4, 0.5) is 0 Å². The number of aromatic amines is 1. The minimum atomic E-state index is -1.24. The summed E-state index contributed by atoms with van der Waals surface area (Å²) in [6.45, 7) is 0.210. The Morgan fingerprint density at radius 2 is 2.20 bits per heavy atom. The maximum atomic E-state index is 11.8. The summed E-state index contributed by atoms with van der Waals surface area (Å²) < 4.78 is 4.92. The molecule has 0 aromatic carbocycles. The van der Waals surface area contributed by atoms with E-state index in [0.717, 1.165) is 11.9 Å². The van der Waals surface area contributed by atoms with E-state index in [9.17, 15) is 9.59 Å². The number of carbonyl (C=O) groups is 2. The number of aromatic nitrogens is 3. The van der Waals surface area contributed by atoms with Gasteiger partial charge in [0.1, 0.15) is 0 Å². The van der Waals surface area contributed by atoms with Crippen molar-refractivity contribution in [3.05, 3.63) is 41.6 Å². The number of methoxy groups -OCH3 is 1. The van der Waals surface area contributed by atoms with Crippen LogP contribution in [0.5, 0.6) is 5.88 Å². The van der Waals surface area contributed by atoms with Crippen molar-refractivity contribution < 1.29 is 19.4 Å². The molecule has 0 saturated carbocycles. The van der Waals surface area contributed by atoms with Crippen LogP contribution in [0.15, 0.2) is 24.7 Å². The fraction of sp³-hybridized carbons (Fsp3) is 0.167. The zero-order valence-corrected chi connectivity index (χ0v) is 10.6. The van der Waals surface area contributed by atoms with Crippen LogP contribution in [-0.2, 0) is 6.54 Å². The molecule has 0 radical (unpaired) electrons. The summed E-state index contributed by atoms with van der Waals surface area (Å²) in [6.07, 6.45) is 2.72. The second-order valence-electron chi connectivity index (χ2n) is 3.82. The van der Waals surface area contributed by atoms with Gasteiger partial charge in [-0.1, -0.05) is 6.07 Å². The first kappa shape index (κ1) is 13.5. The largest absolute Gasteiger partial charge is 0.481 e. The lowest BCUT2D eigenvalue weighted by Crippen LogP contribution is -2.25. The highest BCUT2D eigenvalue weighted by Crippen LogP contribution is 2.07. The summed E-state index contributed by atoms with van der Waals surface area (Å²) in [5.74, 6) is -1.33. The Kier molecular flexibility index (Phi) is 3.94. The number of hydrogen-bond acceptors (Lipinski definition) is 5. The molecule has 20 heavy (non-hydrogen) atoms. The molecule has 0 atom stereocenters. The maximum absolute atomic E-state index is 11.8. The van der Waals surface area contributed by atoms with Crippen molar-refractivity contribution in [2.75, 3.05) is 7.11 Å². The van der Waals surface area contributed by atoms with E-state index in [-0.39, 0.29) is 17.9 Å². The second-order valence-corrected chi connectivity index (χ2v) is 3.82. The van der Waals surface area contributed by atoms with Crippen molar-refractivity contribution in [3.63, 3.8) is 0 Å². The lowest BCUT2D eigenvalue weighted by Gasteiger charge is -2.05. The predicted octanol–water partition coefficient (Wildman–Crippen LogP) is 0.441. The number of nitrogens with one attached hydrogen (secondary N) is 2. The summed E-state index contributed by atoms with van der Waals surface area (Å²) in [5, 5.41) is 11.4. The quantitative estimate of drug-likeness (QED) is 0.729. The molecule has 0 aliphatic rings. The molecule has 8 nitrogen and oxygen atoms in total. The number of hydrogen-bond donors (Lipinski definition) is 3. The van der Waals surface area contributed by atoms with E-state index in [1.54, 1.807) is 18.3 Å². The number of carbonyl (C=O) groups excluding carboxylic acids is 1. The Balaban J connectivity index is 2.01. The van der Waals surface area contributed by atoms with Gasteiger partial charge in [0.25, 0.3) is 5.91 Å². The average molecular weight is 276 g/mol. The molecule has 3 N–H and O–H groups in total. The summed E-state index contributed by atoms with van der Waals surface area (Å²) in [5.41, 5.74) is 0.362. The van der Waals surface area contributed by atoms with Crippen LogP contribution in [0.25, 0.3) is 0 Å². The van der Waals surface area contributed by atoms with E-state index in [4.69, 9.17) is 9.84 Å². The third-order valence-electron chi connectivity index (χ3n) is 2.53. The fourth-order valence-corrected chi connectivity index (χ4v) is 1.53. The van der Waals surface area contributed by atoms with Gasteiger partial charge in [-0.25, -0.2) is 14.8 Å². The molecule has 0 saturated heterocycles. The van der Waals surface area contributed by atoms with E-state index >= 15 is 0 Å². The summed E-state index contributed by atoms with van der Waals surface area (Å²) >= 11 is 0. The van der Waals surface area contributed by atoms with Crippen molar-refractivity contribution in [3.8, 4) is 5.88 Å². The van der Waals surface area contributed by atoms with Crippen molar-refractivity contribution >= 4 is 11.9 Å². The van der Waals surface area contributed by atoms with Crippen LogP contribution >= 0.6 is 0 Å². The van der Waals surface area contributed by atoms with Gasteiger partial charge < -0.3 is 20.1 Å². The summed E-state index contributed by atoms with van der Waals surface area (Å²) in [7, 11) is 1.51. The Labute approximate surface area is 113 Å². The standard InChI is InChI=1S/C12H12N4O4/c1-20-8-3-2-7(4-13-8)5-14-11(17)9-10(12(18)19)16-6-15-9/h2-4,6H,5H2,1H3,(H,14,17)(H,15,16)(H,18,19). The van der Waals surface area contributed by atoms with Crippen LogP contribution in [0.2, 0.25) is 0 Å². The van der Waals surface area contributed by atoms with Gasteiger partial charge in [0, 0.05) is 18.8 Å². The first-order valence-electron chi connectivity index (χ1n) is 5.65. The minimum Gasteiger partial charge on any atom is -0.481 e. The fourth-order valence-electron chi connectivity index (χ4n) is 1.53. The number of ether oxygens (including phenoxy) is 1. The van der Waals surface area contributed by atoms with Gasteiger partial charge >= 0.3 is 5.97 Å². The Bertz CT molecular complexity index is 621. The zero-order valence-electron chi connectivity index (χ0n) is 10.6. The van der Waals surface area contributed by atoms with Gasteiger partial charge in [0.05, 0.1) is 13.4 Å². The molecule has 0 fully saturated rings. The molecular formula is C12H12N4O4. The van der Waals surface area contributed by atoms with Crippen molar-refractivity contribution in [1.82, 2.24) is 20.3 Å². The Morgan fingerprint density at radius 1 is 1.40 bits per heavy atom. The smallest absolute Gasteiger partial charge is 0.354 e. The number of carboxylic acids is 1. The van der Waals surface area contributed by atoms with Gasteiger partial charge in [0.2, 0.25) is 5.88 Å². The van der Waals surface area contributed by atoms with Crippen LogP contribution in [0, 0.1) is 0 Å². The molecule has 0 aliphatic heterocycles. The lowest BCUT2D eigenvalue weighted by atomic mass is 10.2. The molecule has 2 rings (SSSR count). The van der Waals surface area contributed by atoms with Crippen molar-refractivity contribution in [2.24, 2.45) is 0 Å². The van der Waals surface area contributed by atoms with Gasteiger partial charge in [-0.2, -0.15) is 0 Å². The molecule has 8 heteroatoms. The predicted molar refractivity (Wildman–Crippen MR) is 67.5 cm³/mol. The van der Waals surface area contributed by atoms with Crippen LogP contribution in [0.1, 0.15) is 26.5 Å². The number of amides is 1. The zero-order chi connectivity index (χ0) is 14.5. The third kappa shape index (κ3) is 2.91. The van der Waals surface area contributed by atoms with E-state index in [2.05, 4.69) is 20.3 Å². The SMILES string of the molecule is COc1ccc(CNC(=O)c2nc[nH]c2C(=O)O)cn1. The first-order valence-corrected chi connectivity index (χ1v) is 5.65.